The lowest BCUT2D eigenvalue weighted by Crippen LogP contribution is -2.36. The Morgan fingerprint density at radius 1 is 0.815 bits per heavy atom. The first-order valence-electron chi connectivity index (χ1n) is 8.53. The third-order valence-electron chi connectivity index (χ3n) is 4.35. The molecule has 0 saturated carbocycles. The maximum atomic E-state index is 12.9. The number of methoxy groups -OCH3 is 1. The zero-order valence-corrected chi connectivity index (χ0v) is 15.8. The average molecular weight is 382 g/mol. The second-order valence-corrected chi connectivity index (χ2v) is 7.84. The standard InChI is InChI=1S/C21H22N2O3S/c1-26-18-12-14-19(15-13-18)27(24,25)23-21(17-10-6-3-7-11-17)20(22)16-8-4-2-5-9-16/h2-15,20-21,23H,22H2,1H3/t20-,21-/m1/s1. The number of benzene rings is 3. The van der Waals surface area contributed by atoms with Gasteiger partial charge < -0.3 is 10.5 Å². The van der Waals surface area contributed by atoms with Crippen LogP contribution in [0.5, 0.6) is 5.75 Å². The fourth-order valence-corrected chi connectivity index (χ4v) is 4.11. The first kappa shape index (κ1) is 19.1. The van der Waals surface area contributed by atoms with Crippen LogP contribution in [0, 0.1) is 0 Å². The van der Waals surface area contributed by atoms with Crippen LogP contribution in [0.2, 0.25) is 0 Å². The third-order valence-corrected chi connectivity index (χ3v) is 5.81. The highest BCUT2D eigenvalue weighted by Crippen LogP contribution is 2.29. The van der Waals surface area contributed by atoms with Gasteiger partial charge in [0.1, 0.15) is 5.75 Å². The Kier molecular flexibility index (Phi) is 5.91. The molecule has 3 aromatic carbocycles. The van der Waals surface area contributed by atoms with Crippen LogP contribution in [-0.2, 0) is 10.0 Å². The molecule has 2 atom stereocenters. The van der Waals surface area contributed by atoms with Gasteiger partial charge in [-0.1, -0.05) is 60.7 Å². The predicted octanol–water partition coefficient (Wildman–Crippen LogP) is 3.41. The summed E-state index contributed by atoms with van der Waals surface area (Å²) in [5.74, 6) is 0.592. The molecule has 0 unspecified atom stereocenters. The van der Waals surface area contributed by atoms with E-state index in [1.807, 2.05) is 60.7 Å². The van der Waals surface area contributed by atoms with Crippen molar-refractivity contribution in [1.29, 1.82) is 0 Å². The zero-order chi connectivity index (χ0) is 19.3. The number of nitrogens with two attached hydrogens (primary N) is 1. The van der Waals surface area contributed by atoms with Crippen molar-refractivity contribution in [2.45, 2.75) is 17.0 Å². The van der Waals surface area contributed by atoms with E-state index in [0.29, 0.717) is 5.75 Å². The van der Waals surface area contributed by atoms with Crippen molar-refractivity contribution < 1.29 is 13.2 Å². The van der Waals surface area contributed by atoms with Crippen molar-refractivity contribution in [1.82, 2.24) is 4.72 Å². The van der Waals surface area contributed by atoms with E-state index in [-0.39, 0.29) is 4.90 Å². The van der Waals surface area contributed by atoms with Crippen LogP contribution in [0.25, 0.3) is 0 Å². The summed E-state index contributed by atoms with van der Waals surface area (Å²) in [6, 6.07) is 23.9. The monoisotopic (exact) mass is 382 g/mol. The molecule has 0 fully saturated rings. The molecule has 27 heavy (non-hydrogen) atoms. The van der Waals surface area contributed by atoms with Crippen molar-refractivity contribution >= 4 is 10.0 Å². The summed E-state index contributed by atoms with van der Waals surface area (Å²) in [6.07, 6.45) is 0. The number of hydrogen-bond donors (Lipinski definition) is 2. The van der Waals surface area contributed by atoms with E-state index in [0.717, 1.165) is 11.1 Å². The van der Waals surface area contributed by atoms with Crippen LogP contribution >= 0.6 is 0 Å². The molecule has 0 spiro atoms. The molecule has 0 aliphatic heterocycles. The van der Waals surface area contributed by atoms with Crippen LogP contribution in [-0.4, -0.2) is 15.5 Å². The van der Waals surface area contributed by atoms with Crippen molar-refractivity contribution in [2.75, 3.05) is 7.11 Å². The lowest BCUT2D eigenvalue weighted by Gasteiger charge is -2.26. The molecule has 0 heterocycles. The fraction of sp³-hybridized carbons (Fsp3) is 0.143. The molecule has 3 rings (SSSR count). The van der Waals surface area contributed by atoms with Gasteiger partial charge in [-0.05, 0) is 35.4 Å². The van der Waals surface area contributed by atoms with Crippen LogP contribution < -0.4 is 15.2 Å². The Balaban J connectivity index is 1.95. The van der Waals surface area contributed by atoms with E-state index < -0.39 is 22.1 Å². The Morgan fingerprint density at radius 2 is 1.33 bits per heavy atom. The maximum absolute atomic E-state index is 12.9. The number of sulfonamides is 1. The van der Waals surface area contributed by atoms with E-state index in [1.165, 1.54) is 19.2 Å². The molecule has 0 saturated heterocycles. The summed E-state index contributed by atoms with van der Waals surface area (Å²) in [6.45, 7) is 0. The van der Waals surface area contributed by atoms with Crippen LogP contribution in [0.1, 0.15) is 23.2 Å². The highest BCUT2D eigenvalue weighted by atomic mass is 32.2. The minimum absolute atomic E-state index is 0.157. The van der Waals surface area contributed by atoms with Crippen molar-refractivity contribution in [3.8, 4) is 5.75 Å². The molecule has 6 heteroatoms. The van der Waals surface area contributed by atoms with Gasteiger partial charge in [-0.3, -0.25) is 0 Å². The Hall–Kier alpha value is -2.67. The van der Waals surface area contributed by atoms with E-state index in [9.17, 15) is 8.42 Å². The fourth-order valence-electron chi connectivity index (χ4n) is 2.87. The minimum atomic E-state index is -3.77. The first-order valence-corrected chi connectivity index (χ1v) is 10.0. The summed E-state index contributed by atoms with van der Waals surface area (Å²) in [7, 11) is -2.24. The highest BCUT2D eigenvalue weighted by molar-refractivity contribution is 7.89. The molecular formula is C21H22N2O3S. The summed E-state index contributed by atoms with van der Waals surface area (Å²) >= 11 is 0. The van der Waals surface area contributed by atoms with Gasteiger partial charge in [-0.15, -0.1) is 0 Å². The van der Waals surface area contributed by atoms with Crippen LogP contribution in [0.3, 0.4) is 0 Å². The molecule has 5 nitrogen and oxygen atoms in total. The number of nitrogens with one attached hydrogen (secondary N) is 1. The predicted molar refractivity (Wildman–Crippen MR) is 106 cm³/mol. The van der Waals surface area contributed by atoms with Crippen molar-refractivity contribution in [3.63, 3.8) is 0 Å². The van der Waals surface area contributed by atoms with Gasteiger partial charge in [-0.25, -0.2) is 13.1 Å². The summed E-state index contributed by atoms with van der Waals surface area (Å²) in [4.78, 5) is 0.157. The van der Waals surface area contributed by atoms with E-state index in [1.54, 1.807) is 12.1 Å². The van der Waals surface area contributed by atoms with Gasteiger partial charge in [0, 0.05) is 0 Å². The van der Waals surface area contributed by atoms with Gasteiger partial charge in [0.15, 0.2) is 0 Å². The lowest BCUT2D eigenvalue weighted by atomic mass is 9.95. The Morgan fingerprint density at radius 3 is 1.85 bits per heavy atom. The topological polar surface area (TPSA) is 81.4 Å². The molecule has 0 radical (unpaired) electrons. The van der Waals surface area contributed by atoms with Crippen molar-refractivity contribution in [2.24, 2.45) is 5.73 Å². The normalized spacial score (nSPS) is 13.7. The van der Waals surface area contributed by atoms with Gasteiger partial charge in [0.05, 0.1) is 24.1 Å². The molecular weight excluding hydrogens is 360 g/mol. The molecule has 3 aromatic rings. The minimum Gasteiger partial charge on any atom is -0.497 e. The second kappa shape index (κ2) is 8.35. The van der Waals surface area contributed by atoms with E-state index >= 15 is 0 Å². The molecule has 3 N–H and O–H groups in total. The Bertz CT molecular complexity index is 959. The molecule has 0 amide bonds. The molecule has 0 aliphatic carbocycles. The molecule has 0 aliphatic rings. The van der Waals surface area contributed by atoms with Gasteiger partial charge >= 0.3 is 0 Å². The van der Waals surface area contributed by atoms with Gasteiger partial charge in [0.2, 0.25) is 10.0 Å². The van der Waals surface area contributed by atoms with E-state index in [2.05, 4.69) is 4.72 Å². The summed E-state index contributed by atoms with van der Waals surface area (Å²) < 4.78 is 33.7. The summed E-state index contributed by atoms with van der Waals surface area (Å²) in [5.41, 5.74) is 8.10. The first-order chi connectivity index (χ1) is 13.0. The number of hydrogen-bond acceptors (Lipinski definition) is 4. The lowest BCUT2D eigenvalue weighted by molar-refractivity contribution is 0.414. The number of ether oxygens (including phenoxy) is 1. The van der Waals surface area contributed by atoms with Crippen LogP contribution in [0.15, 0.2) is 89.8 Å². The van der Waals surface area contributed by atoms with Crippen LogP contribution in [0.4, 0.5) is 0 Å². The second-order valence-electron chi connectivity index (χ2n) is 6.12. The summed E-state index contributed by atoms with van der Waals surface area (Å²) in [5, 5.41) is 0. The quantitative estimate of drug-likeness (QED) is 0.656. The largest absolute Gasteiger partial charge is 0.497 e. The third kappa shape index (κ3) is 4.54. The smallest absolute Gasteiger partial charge is 0.241 e. The zero-order valence-electron chi connectivity index (χ0n) is 14.9. The molecule has 140 valence electrons. The van der Waals surface area contributed by atoms with Crippen molar-refractivity contribution in [3.05, 3.63) is 96.1 Å². The average Bonchev–Trinajstić information content (AvgIpc) is 2.73. The Labute approximate surface area is 159 Å². The van der Waals surface area contributed by atoms with Gasteiger partial charge in [-0.2, -0.15) is 0 Å². The van der Waals surface area contributed by atoms with E-state index in [4.69, 9.17) is 10.5 Å². The SMILES string of the molecule is COc1ccc(S(=O)(=O)N[C@H](c2ccccc2)[C@H](N)c2ccccc2)cc1. The maximum Gasteiger partial charge on any atom is 0.241 e. The molecule has 0 bridgehead atoms. The van der Waals surface area contributed by atoms with Gasteiger partial charge in [0.25, 0.3) is 0 Å². The highest BCUT2D eigenvalue weighted by Gasteiger charge is 2.27. The number of rotatable bonds is 7. The molecule has 0 aromatic heterocycles.